The molecule has 1 aromatic heterocycles. The molecule has 0 atom stereocenters. The number of carbonyl (C=O) groups excluding carboxylic acids is 1. The zero-order valence-corrected chi connectivity index (χ0v) is 16.0. The van der Waals surface area contributed by atoms with Gasteiger partial charge in [0.25, 0.3) is 5.91 Å². The molecule has 1 aliphatic rings. The van der Waals surface area contributed by atoms with E-state index >= 15 is 0 Å². The Morgan fingerprint density at radius 3 is 2.62 bits per heavy atom. The van der Waals surface area contributed by atoms with Gasteiger partial charge in [-0.05, 0) is 43.7 Å². The normalized spacial score (nSPS) is 14.5. The highest BCUT2D eigenvalue weighted by Gasteiger charge is 2.19. The Bertz CT molecular complexity index is 766. The predicted octanol–water partition coefficient (Wildman–Crippen LogP) is 3.83. The average molecular weight is 352 g/mol. The topological polar surface area (TPSA) is 58.1 Å². The minimum absolute atomic E-state index is 0.144. The van der Waals surface area contributed by atoms with Crippen LogP contribution in [0.5, 0.6) is 0 Å². The fourth-order valence-electron chi connectivity index (χ4n) is 3.20. The molecule has 26 heavy (non-hydrogen) atoms. The second-order valence-electron chi connectivity index (χ2n) is 7.35. The molecule has 5 heteroatoms. The van der Waals surface area contributed by atoms with Gasteiger partial charge in [0, 0.05) is 25.3 Å². The fourth-order valence-corrected chi connectivity index (χ4v) is 3.20. The molecule has 3 rings (SSSR count). The third kappa shape index (κ3) is 4.59. The molecule has 2 heterocycles. The molecule has 5 nitrogen and oxygen atoms in total. The van der Waals surface area contributed by atoms with E-state index in [1.54, 1.807) is 0 Å². The van der Waals surface area contributed by atoms with E-state index < -0.39 is 0 Å². The number of hydrogen-bond donors (Lipinski definition) is 1. The molecule has 1 fully saturated rings. The third-order valence-corrected chi connectivity index (χ3v) is 4.73. The molecule has 0 unspecified atom stereocenters. The summed E-state index contributed by atoms with van der Waals surface area (Å²) in [6.07, 6.45) is 3.57. The number of nitrogens with zero attached hydrogens (tertiary/aromatic N) is 3. The van der Waals surface area contributed by atoms with Crippen molar-refractivity contribution in [2.24, 2.45) is 0 Å². The summed E-state index contributed by atoms with van der Waals surface area (Å²) in [6, 6.07) is 9.98. The maximum absolute atomic E-state index is 12.7. The number of benzene rings is 1. The van der Waals surface area contributed by atoms with E-state index in [2.05, 4.69) is 48.1 Å². The van der Waals surface area contributed by atoms with Gasteiger partial charge in [0.1, 0.15) is 5.69 Å². The highest BCUT2D eigenvalue weighted by Crippen LogP contribution is 2.20. The van der Waals surface area contributed by atoms with Crippen LogP contribution in [0.4, 0.5) is 5.95 Å². The summed E-state index contributed by atoms with van der Waals surface area (Å²) < 4.78 is 0. The first kappa shape index (κ1) is 18.4. The van der Waals surface area contributed by atoms with Crippen molar-refractivity contribution in [3.8, 4) is 0 Å². The molecule has 0 spiro atoms. The summed E-state index contributed by atoms with van der Waals surface area (Å²) in [5, 5.41) is 2.99. The van der Waals surface area contributed by atoms with Gasteiger partial charge in [-0.1, -0.05) is 43.7 Å². The quantitative estimate of drug-likeness (QED) is 0.888. The van der Waals surface area contributed by atoms with Crippen LogP contribution < -0.4 is 10.2 Å². The summed E-state index contributed by atoms with van der Waals surface area (Å²) >= 11 is 0. The molecule has 1 amide bonds. The molecule has 0 radical (unpaired) electrons. The Hall–Kier alpha value is -2.43. The van der Waals surface area contributed by atoms with Crippen molar-refractivity contribution in [1.82, 2.24) is 15.3 Å². The van der Waals surface area contributed by atoms with Crippen molar-refractivity contribution in [3.63, 3.8) is 0 Å². The minimum Gasteiger partial charge on any atom is -0.347 e. The smallest absolute Gasteiger partial charge is 0.270 e. The maximum Gasteiger partial charge on any atom is 0.270 e. The maximum atomic E-state index is 12.7. The number of carbonyl (C=O) groups is 1. The summed E-state index contributed by atoms with van der Waals surface area (Å²) in [5.41, 5.74) is 3.65. The molecule has 1 N–H and O–H groups in total. The van der Waals surface area contributed by atoms with Crippen molar-refractivity contribution in [1.29, 1.82) is 0 Å². The Morgan fingerprint density at radius 2 is 1.92 bits per heavy atom. The number of aryl methyl sites for hydroxylation is 1. The first-order valence-corrected chi connectivity index (χ1v) is 9.50. The van der Waals surface area contributed by atoms with Crippen molar-refractivity contribution >= 4 is 11.9 Å². The van der Waals surface area contributed by atoms with Crippen molar-refractivity contribution in [2.75, 3.05) is 18.0 Å². The minimum atomic E-state index is -0.144. The average Bonchev–Trinajstić information content (AvgIpc) is 2.66. The molecule has 1 saturated heterocycles. The number of amides is 1. The van der Waals surface area contributed by atoms with Crippen LogP contribution in [0.2, 0.25) is 0 Å². The van der Waals surface area contributed by atoms with Crippen LogP contribution in [0.25, 0.3) is 0 Å². The molecule has 0 saturated carbocycles. The standard InChI is InChI=1S/C21H28N4O/c1-15(2)18-13-19(24-21(23-18)25-10-5-4-6-11-25)20(26)22-14-17-9-7-8-16(3)12-17/h7-9,12-13,15H,4-6,10-11,14H2,1-3H3,(H,22,26). The lowest BCUT2D eigenvalue weighted by atomic mass is 10.1. The molecular weight excluding hydrogens is 324 g/mol. The van der Waals surface area contributed by atoms with Crippen molar-refractivity contribution in [2.45, 2.75) is 52.5 Å². The summed E-state index contributed by atoms with van der Waals surface area (Å²) in [7, 11) is 0. The van der Waals surface area contributed by atoms with Gasteiger partial charge < -0.3 is 10.2 Å². The lowest BCUT2D eigenvalue weighted by Gasteiger charge is -2.27. The van der Waals surface area contributed by atoms with Crippen molar-refractivity contribution < 1.29 is 4.79 Å². The van der Waals surface area contributed by atoms with Crippen LogP contribution in [0.15, 0.2) is 30.3 Å². The Morgan fingerprint density at radius 1 is 1.15 bits per heavy atom. The zero-order valence-electron chi connectivity index (χ0n) is 16.0. The SMILES string of the molecule is Cc1cccc(CNC(=O)c2cc(C(C)C)nc(N3CCCCC3)n2)c1. The molecule has 1 aromatic carbocycles. The monoisotopic (exact) mass is 352 g/mol. The number of hydrogen-bond acceptors (Lipinski definition) is 4. The third-order valence-electron chi connectivity index (χ3n) is 4.73. The number of anilines is 1. The Kier molecular flexibility index (Phi) is 5.86. The lowest BCUT2D eigenvalue weighted by Crippen LogP contribution is -2.32. The molecule has 0 aliphatic carbocycles. The van der Waals surface area contributed by atoms with Crippen LogP contribution in [0, 0.1) is 6.92 Å². The molecular formula is C21H28N4O. The van der Waals surface area contributed by atoms with Gasteiger partial charge >= 0.3 is 0 Å². The van der Waals surface area contributed by atoms with Crippen LogP contribution in [-0.2, 0) is 6.54 Å². The van der Waals surface area contributed by atoms with Gasteiger partial charge in [0.2, 0.25) is 5.95 Å². The van der Waals surface area contributed by atoms with E-state index in [0.717, 1.165) is 37.2 Å². The van der Waals surface area contributed by atoms with Gasteiger partial charge in [-0.25, -0.2) is 9.97 Å². The first-order valence-electron chi connectivity index (χ1n) is 9.50. The predicted molar refractivity (Wildman–Crippen MR) is 105 cm³/mol. The lowest BCUT2D eigenvalue weighted by molar-refractivity contribution is 0.0945. The van der Waals surface area contributed by atoms with E-state index in [1.807, 2.05) is 18.2 Å². The van der Waals surface area contributed by atoms with Crippen LogP contribution in [-0.4, -0.2) is 29.0 Å². The van der Waals surface area contributed by atoms with Crippen LogP contribution in [0.3, 0.4) is 0 Å². The largest absolute Gasteiger partial charge is 0.347 e. The van der Waals surface area contributed by atoms with Crippen LogP contribution in [0.1, 0.15) is 66.3 Å². The summed E-state index contributed by atoms with van der Waals surface area (Å²) in [6.45, 7) is 8.67. The molecule has 2 aromatic rings. The number of rotatable bonds is 5. The second kappa shape index (κ2) is 8.30. The zero-order chi connectivity index (χ0) is 18.5. The highest BCUT2D eigenvalue weighted by atomic mass is 16.1. The van der Waals surface area contributed by atoms with Gasteiger partial charge in [0.15, 0.2) is 0 Å². The van der Waals surface area contributed by atoms with Gasteiger partial charge in [-0.3, -0.25) is 4.79 Å². The van der Waals surface area contributed by atoms with E-state index in [-0.39, 0.29) is 11.8 Å². The Labute approximate surface area is 155 Å². The van der Waals surface area contributed by atoms with E-state index in [0.29, 0.717) is 18.2 Å². The second-order valence-corrected chi connectivity index (χ2v) is 7.35. The van der Waals surface area contributed by atoms with E-state index in [4.69, 9.17) is 4.98 Å². The van der Waals surface area contributed by atoms with E-state index in [9.17, 15) is 4.79 Å². The van der Waals surface area contributed by atoms with Crippen LogP contribution >= 0.6 is 0 Å². The molecule has 1 aliphatic heterocycles. The number of nitrogens with one attached hydrogen (secondary N) is 1. The highest BCUT2D eigenvalue weighted by molar-refractivity contribution is 5.92. The van der Waals surface area contributed by atoms with Gasteiger partial charge in [0.05, 0.1) is 0 Å². The summed E-state index contributed by atoms with van der Waals surface area (Å²) in [5.74, 6) is 0.801. The Balaban J connectivity index is 1.78. The first-order chi connectivity index (χ1) is 12.5. The number of aromatic nitrogens is 2. The van der Waals surface area contributed by atoms with Gasteiger partial charge in [-0.2, -0.15) is 0 Å². The summed E-state index contributed by atoms with van der Waals surface area (Å²) in [4.78, 5) is 24.2. The fraction of sp³-hybridized carbons (Fsp3) is 0.476. The van der Waals surface area contributed by atoms with Gasteiger partial charge in [-0.15, -0.1) is 0 Å². The molecule has 138 valence electrons. The number of piperidine rings is 1. The van der Waals surface area contributed by atoms with E-state index in [1.165, 1.54) is 12.0 Å². The van der Waals surface area contributed by atoms with Crippen molar-refractivity contribution in [3.05, 3.63) is 52.8 Å². The molecule has 0 bridgehead atoms.